The summed E-state index contributed by atoms with van der Waals surface area (Å²) in [5.74, 6) is -0.0606. The first-order valence-electron chi connectivity index (χ1n) is 7.10. The van der Waals surface area contributed by atoms with E-state index in [2.05, 4.69) is 4.98 Å². The molecule has 1 aromatic heterocycles. The van der Waals surface area contributed by atoms with Crippen molar-refractivity contribution in [3.05, 3.63) is 52.7 Å². The van der Waals surface area contributed by atoms with Crippen molar-refractivity contribution in [1.82, 2.24) is 4.98 Å². The number of para-hydroxylation sites is 1. The normalized spacial score (nSPS) is 13.9. The van der Waals surface area contributed by atoms with Gasteiger partial charge in [0.2, 0.25) is 5.91 Å². The maximum atomic E-state index is 12.6. The molecule has 1 aromatic carbocycles. The number of amides is 1. The number of carbonyl (C=O) groups excluding carboxylic acids is 1. The second-order valence-corrected chi connectivity index (χ2v) is 6.59. The highest BCUT2D eigenvalue weighted by atomic mass is 35.5. The molecule has 0 radical (unpaired) electrons. The first-order chi connectivity index (χ1) is 11.4. The summed E-state index contributed by atoms with van der Waals surface area (Å²) in [7, 11) is 0. The summed E-state index contributed by atoms with van der Waals surface area (Å²) in [4.78, 5) is 17.8. The number of benzene rings is 1. The number of carbonyl (C=O) groups is 1. The monoisotopic (exact) mass is 372 g/mol. The molecule has 2 heterocycles. The third kappa shape index (κ3) is 3.52. The van der Waals surface area contributed by atoms with Crippen molar-refractivity contribution in [3.63, 3.8) is 0 Å². The van der Waals surface area contributed by atoms with Crippen molar-refractivity contribution in [2.45, 2.75) is 17.6 Å². The second kappa shape index (κ2) is 6.64. The summed E-state index contributed by atoms with van der Waals surface area (Å²) in [5, 5.41) is 0.106. The van der Waals surface area contributed by atoms with E-state index >= 15 is 0 Å². The van der Waals surface area contributed by atoms with Crippen LogP contribution in [0.3, 0.4) is 0 Å². The number of pyridine rings is 1. The van der Waals surface area contributed by atoms with Crippen LogP contribution in [0, 0.1) is 0 Å². The molecule has 8 heteroatoms. The SMILES string of the molecule is O=C(CSc1ncc(C(F)(F)F)cc1Cl)N1CCc2ccccc21. The molecule has 3 rings (SSSR count). The van der Waals surface area contributed by atoms with Gasteiger partial charge < -0.3 is 4.90 Å². The fraction of sp³-hybridized carbons (Fsp3) is 0.250. The predicted molar refractivity (Wildman–Crippen MR) is 87.5 cm³/mol. The van der Waals surface area contributed by atoms with Crippen LogP contribution in [0.2, 0.25) is 5.02 Å². The van der Waals surface area contributed by atoms with Crippen LogP contribution in [0.25, 0.3) is 0 Å². The number of nitrogens with zero attached hydrogens (tertiary/aromatic N) is 2. The molecule has 0 fully saturated rings. The molecule has 1 amide bonds. The third-order valence-electron chi connectivity index (χ3n) is 3.66. The quantitative estimate of drug-likeness (QED) is 0.747. The van der Waals surface area contributed by atoms with Gasteiger partial charge in [-0.05, 0) is 24.1 Å². The number of aromatic nitrogens is 1. The van der Waals surface area contributed by atoms with Gasteiger partial charge in [-0.3, -0.25) is 4.79 Å². The summed E-state index contributed by atoms with van der Waals surface area (Å²) < 4.78 is 37.8. The van der Waals surface area contributed by atoms with Crippen LogP contribution in [-0.4, -0.2) is 23.2 Å². The van der Waals surface area contributed by atoms with Gasteiger partial charge in [0.25, 0.3) is 0 Å². The number of rotatable bonds is 3. The second-order valence-electron chi connectivity index (χ2n) is 5.22. The molecule has 1 aliphatic rings. The van der Waals surface area contributed by atoms with Crippen molar-refractivity contribution in [1.29, 1.82) is 0 Å². The highest BCUT2D eigenvalue weighted by Gasteiger charge is 2.32. The molecule has 3 nitrogen and oxygen atoms in total. The Morgan fingerprint density at radius 2 is 2.08 bits per heavy atom. The zero-order chi connectivity index (χ0) is 17.3. The Kier molecular flexibility index (Phi) is 4.73. The van der Waals surface area contributed by atoms with E-state index < -0.39 is 11.7 Å². The molecule has 1 aliphatic heterocycles. The van der Waals surface area contributed by atoms with Crippen LogP contribution < -0.4 is 4.90 Å². The van der Waals surface area contributed by atoms with E-state index in [1.54, 1.807) is 4.90 Å². The smallest absolute Gasteiger partial charge is 0.311 e. The van der Waals surface area contributed by atoms with Crippen LogP contribution in [0.5, 0.6) is 0 Å². The standard InChI is InChI=1S/C16H12ClF3N2OS/c17-12-7-11(16(18,19)20)8-21-15(12)24-9-14(23)22-6-5-10-3-1-2-4-13(10)22/h1-4,7-8H,5-6,9H2. The first-order valence-corrected chi connectivity index (χ1v) is 8.46. The summed E-state index contributed by atoms with van der Waals surface area (Å²) in [5.41, 5.74) is 1.09. The van der Waals surface area contributed by atoms with Crippen molar-refractivity contribution < 1.29 is 18.0 Å². The maximum Gasteiger partial charge on any atom is 0.417 e. The van der Waals surface area contributed by atoms with E-state index in [0.717, 1.165) is 41.7 Å². The van der Waals surface area contributed by atoms with E-state index in [1.807, 2.05) is 24.3 Å². The van der Waals surface area contributed by atoms with Crippen molar-refractivity contribution in [3.8, 4) is 0 Å². The van der Waals surface area contributed by atoms with Crippen molar-refractivity contribution in [2.75, 3.05) is 17.2 Å². The van der Waals surface area contributed by atoms with E-state index in [1.165, 1.54) is 0 Å². The number of halogens is 4. The first kappa shape index (κ1) is 17.1. The molecular weight excluding hydrogens is 361 g/mol. The molecule has 0 aliphatic carbocycles. The van der Waals surface area contributed by atoms with Gasteiger partial charge in [-0.2, -0.15) is 13.2 Å². The van der Waals surface area contributed by atoms with Crippen molar-refractivity contribution >= 4 is 35.0 Å². The number of thioether (sulfide) groups is 1. The number of alkyl halides is 3. The molecule has 2 aromatic rings. The number of anilines is 1. The Labute approximate surface area is 145 Å². The minimum atomic E-state index is -4.49. The zero-order valence-electron chi connectivity index (χ0n) is 12.3. The molecule has 0 bridgehead atoms. The van der Waals surface area contributed by atoms with Gasteiger partial charge in [0, 0.05) is 18.4 Å². The Hall–Kier alpha value is -1.73. The van der Waals surface area contributed by atoms with Crippen LogP contribution in [-0.2, 0) is 17.4 Å². The Morgan fingerprint density at radius 1 is 1.33 bits per heavy atom. The lowest BCUT2D eigenvalue weighted by Crippen LogP contribution is -2.30. The lowest BCUT2D eigenvalue weighted by Gasteiger charge is -2.17. The highest BCUT2D eigenvalue weighted by Crippen LogP contribution is 2.34. The molecule has 0 N–H and O–H groups in total. The fourth-order valence-corrected chi connectivity index (χ4v) is 3.56. The van der Waals surface area contributed by atoms with Gasteiger partial charge >= 0.3 is 6.18 Å². The molecule has 24 heavy (non-hydrogen) atoms. The minimum Gasteiger partial charge on any atom is -0.311 e. The van der Waals surface area contributed by atoms with Crippen LogP contribution in [0.1, 0.15) is 11.1 Å². The van der Waals surface area contributed by atoms with Crippen LogP contribution >= 0.6 is 23.4 Å². The van der Waals surface area contributed by atoms with Gasteiger partial charge in [0.1, 0.15) is 5.03 Å². The van der Waals surface area contributed by atoms with E-state index in [9.17, 15) is 18.0 Å². The number of hydrogen-bond acceptors (Lipinski definition) is 3. The van der Waals surface area contributed by atoms with Gasteiger partial charge in [-0.25, -0.2) is 4.98 Å². The topological polar surface area (TPSA) is 33.2 Å². The average molecular weight is 373 g/mol. The maximum absolute atomic E-state index is 12.6. The van der Waals surface area contributed by atoms with Gasteiger partial charge in [-0.1, -0.05) is 41.6 Å². The van der Waals surface area contributed by atoms with E-state index in [0.29, 0.717) is 6.54 Å². The van der Waals surface area contributed by atoms with Gasteiger partial charge in [-0.15, -0.1) is 0 Å². The molecular formula is C16H12ClF3N2OS. The molecule has 0 unspecified atom stereocenters. The molecule has 0 atom stereocenters. The minimum absolute atomic E-state index is 0.0619. The van der Waals surface area contributed by atoms with Crippen LogP contribution in [0.15, 0.2) is 41.6 Å². The molecule has 0 saturated carbocycles. The summed E-state index contributed by atoms with van der Waals surface area (Å²) in [6, 6.07) is 8.48. The Balaban J connectivity index is 1.67. The lowest BCUT2D eigenvalue weighted by molar-refractivity contribution is -0.137. The van der Waals surface area contributed by atoms with Crippen LogP contribution in [0.4, 0.5) is 18.9 Å². The van der Waals surface area contributed by atoms with Crippen molar-refractivity contribution in [2.24, 2.45) is 0 Å². The predicted octanol–water partition coefficient (Wildman–Crippen LogP) is 4.44. The molecule has 126 valence electrons. The van der Waals surface area contributed by atoms with Gasteiger partial charge in [0.15, 0.2) is 0 Å². The average Bonchev–Trinajstić information content (AvgIpc) is 2.96. The zero-order valence-corrected chi connectivity index (χ0v) is 13.9. The Morgan fingerprint density at radius 3 is 2.79 bits per heavy atom. The molecule has 0 spiro atoms. The number of hydrogen-bond donors (Lipinski definition) is 0. The fourth-order valence-electron chi connectivity index (χ4n) is 2.49. The largest absolute Gasteiger partial charge is 0.417 e. The lowest BCUT2D eigenvalue weighted by atomic mass is 10.2. The Bertz CT molecular complexity index is 782. The molecule has 0 saturated heterocycles. The summed E-state index contributed by atoms with van der Waals surface area (Å²) in [6.07, 6.45) is -2.97. The summed E-state index contributed by atoms with van der Waals surface area (Å²) >= 11 is 6.89. The van der Waals surface area contributed by atoms with E-state index in [-0.39, 0.29) is 21.7 Å². The van der Waals surface area contributed by atoms with E-state index in [4.69, 9.17) is 11.6 Å². The van der Waals surface area contributed by atoms with Gasteiger partial charge in [0.05, 0.1) is 16.3 Å². The third-order valence-corrected chi connectivity index (χ3v) is 5.05. The highest BCUT2D eigenvalue weighted by molar-refractivity contribution is 8.00. The number of fused-ring (bicyclic) bond motifs is 1. The summed E-state index contributed by atoms with van der Waals surface area (Å²) in [6.45, 7) is 0.604.